The average Bonchev–Trinajstić information content (AvgIpc) is 3.29. The molecular formula is C23H18ClFN4O2. The van der Waals surface area contributed by atoms with Gasteiger partial charge in [0.15, 0.2) is 0 Å². The number of aromatic nitrogens is 3. The van der Waals surface area contributed by atoms with E-state index in [-0.39, 0.29) is 24.0 Å². The molecule has 0 saturated heterocycles. The topological polar surface area (TPSA) is 69.0 Å². The number of hydrogen-bond acceptors (Lipinski definition) is 4. The van der Waals surface area contributed by atoms with E-state index < -0.39 is 5.82 Å². The van der Waals surface area contributed by atoms with Gasteiger partial charge < -0.3 is 10.1 Å². The third-order valence-corrected chi connectivity index (χ3v) is 4.77. The van der Waals surface area contributed by atoms with Gasteiger partial charge in [-0.2, -0.15) is 5.10 Å². The summed E-state index contributed by atoms with van der Waals surface area (Å²) in [6, 6.07) is 16.6. The minimum atomic E-state index is -0.440. The molecule has 0 aliphatic heterocycles. The molecule has 0 fully saturated rings. The molecule has 0 unspecified atom stereocenters. The number of carbonyl (C=O) groups is 1. The molecule has 0 aliphatic carbocycles. The summed E-state index contributed by atoms with van der Waals surface area (Å²) in [6.07, 6.45) is 5.14. The quantitative estimate of drug-likeness (QED) is 0.445. The van der Waals surface area contributed by atoms with Crippen LogP contribution in [0.5, 0.6) is 5.75 Å². The van der Waals surface area contributed by atoms with Crippen molar-refractivity contribution < 1.29 is 13.9 Å². The number of anilines is 1. The highest BCUT2D eigenvalue weighted by Gasteiger charge is 2.10. The minimum absolute atomic E-state index is 0.119. The van der Waals surface area contributed by atoms with Gasteiger partial charge >= 0.3 is 0 Å². The molecule has 2 heterocycles. The van der Waals surface area contributed by atoms with Crippen LogP contribution in [0.25, 0.3) is 0 Å². The lowest BCUT2D eigenvalue weighted by Gasteiger charge is -2.10. The number of ether oxygens (including phenoxy) is 1. The van der Waals surface area contributed by atoms with E-state index >= 15 is 0 Å². The maximum absolute atomic E-state index is 13.4. The van der Waals surface area contributed by atoms with Crippen LogP contribution in [-0.4, -0.2) is 20.7 Å². The van der Waals surface area contributed by atoms with Crippen molar-refractivity contribution in [3.63, 3.8) is 0 Å². The molecule has 156 valence electrons. The number of amides is 1. The first kappa shape index (κ1) is 20.6. The summed E-state index contributed by atoms with van der Waals surface area (Å²) in [5.41, 5.74) is 2.67. The molecule has 1 amide bonds. The SMILES string of the molecule is O=C(Nc1ccc(Cn2cccn2)cc1)c1cc(COc2cc(F)ccc2Cl)ccn1. The molecule has 0 radical (unpaired) electrons. The molecule has 0 aliphatic rings. The second kappa shape index (κ2) is 9.40. The highest BCUT2D eigenvalue weighted by Crippen LogP contribution is 2.25. The van der Waals surface area contributed by atoms with Crippen LogP contribution >= 0.6 is 11.6 Å². The van der Waals surface area contributed by atoms with Crippen molar-refractivity contribution in [1.82, 2.24) is 14.8 Å². The van der Waals surface area contributed by atoms with Gasteiger partial charge in [0.05, 0.1) is 11.6 Å². The van der Waals surface area contributed by atoms with Crippen molar-refractivity contribution in [1.29, 1.82) is 0 Å². The molecule has 0 atom stereocenters. The molecule has 1 N–H and O–H groups in total. The van der Waals surface area contributed by atoms with Crippen LogP contribution in [0.1, 0.15) is 21.6 Å². The minimum Gasteiger partial charge on any atom is -0.487 e. The molecule has 2 aromatic carbocycles. The standard InChI is InChI=1S/C23H18ClFN4O2/c24-20-7-4-18(25)13-22(20)31-15-17-8-10-26-21(12-17)23(30)28-19-5-2-16(3-6-19)14-29-11-1-9-27-29/h1-13H,14-15H2,(H,28,30). The number of hydrogen-bond donors (Lipinski definition) is 1. The number of nitrogens with one attached hydrogen (secondary N) is 1. The molecule has 0 saturated carbocycles. The zero-order valence-corrected chi connectivity index (χ0v) is 17.1. The largest absolute Gasteiger partial charge is 0.487 e. The van der Waals surface area contributed by atoms with Gasteiger partial charge in [-0.3, -0.25) is 14.5 Å². The van der Waals surface area contributed by atoms with Crippen LogP contribution in [-0.2, 0) is 13.2 Å². The lowest BCUT2D eigenvalue weighted by molar-refractivity contribution is 0.102. The fourth-order valence-electron chi connectivity index (χ4n) is 2.91. The summed E-state index contributed by atoms with van der Waals surface area (Å²) < 4.78 is 20.8. The van der Waals surface area contributed by atoms with Crippen molar-refractivity contribution in [2.75, 3.05) is 5.32 Å². The highest BCUT2D eigenvalue weighted by molar-refractivity contribution is 6.32. The second-order valence-electron chi connectivity index (χ2n) is 6.77. The predicted molar refractivity (Wildman–Crippen MR) is 116 cm³/mol. The fourth-order valence-corrected chi connectivity index (χ4v) is 3.08. The zero-order chi connectivity index (χ0) is 21.6. The van der Waals surface area contributed by atoms with Gasteiger partial charge in [0.2, 0.25) is 0 Å². The van der Waals surface area contributed by atoms with Crippen molar-refractivity contribution >= 4 is 23.2 Å². The van der Waals surface area contributed by atoms with Crippen LogP contribution in [0.3, 0.4) is 0 Å². The Morgan fingerprint density at radius 1 is 1.06 bits per heavy atom. The Hall–Kier alpha value is -3.71. The number of carbonyl (C=O) groups excluding carboxylic acids is 1. The van der Waals surface area contributed by atoms with Crippen LogP contribution < -0.4 is 10.1 Å². The van der Waals surface area contributed by atoms with E-state index in [1.54, 1.807) is 18.3 Å². The molecule has 4 rings (SSSR count). The molecular weight excluding hydrogens is 419 g/mol. The predicted octanol–water partition coefficient (Wildman–Crippen LogP) is 4.95. The molecule has 31 heavy (non-hydrogen) atoms. The first-order valence-corrected chi connectivity index (χ1v) is 9.85. The fraction of sp³-hybridized carbons (Fsp3) is 0.0870. The molecule has 8 heteroatoms. The first-order valence-electron chi connectivity index (χ1n) is 9.47. The summed E-state index contributed by atoms with van der Waals surface area (Å²) >= 11 is 6.01. The maximum Gasteiger partial charge on any atom is 0.274 e. The van der Waals surface area contributed by atoms with Gasteiger partial charge in [-0.05, 0) is 53.6 Å². The normalized spacial score (nSPS) is 10.6. The van der Waals surface area contributed by atoms with Crippen molar-refractivity contribution in [3.05, 3.63) is 107 Å². The van der Waals surface area contributed by atoms with Gasteiger partial charge in [-0.25, -0.2) is 4.39 Å². The van der Waals surface area contributed by atoms with Crippen LogP contribution in [0.2, 0.25) is 5.02 Å². The molecule has 4 aromatic rings. The monoisotopic (exact) mass is 436 g/mol. The van der Waals surface area contributed by atoms with Crippen molar-refractivity contribution in [2.45, 2.75) is 13.2 Å². The van der Waals surface area contributed by atoms with Crippen LogP contribution in [0.15, 0.2) is 79.3 Å². The van der Waals surface area contributed by atoms with Gasteiger partial charge in [-0.1, -0.05) is 23.7 Å². The smallest absolute Gasteiger partial charge is 0.274 e. The Kier molecular flexibility index (Phi) is 6.24. The molecule has 6 nitrogen and oxygen atoms in total. The van der Waals surface area contributed by atoms with Crippen molar-refractivity contribution in [3.8, 4) is 5.75 Å². The van der Waals surface area contributed by atoms with Gasteiger partial charge in [-0.15, -0.1) is 0 Å². The summed E-state index contributed by atoms with van der Waals surface area (Å²) in [5, 5.41) is 7.31. The van der Waals surface area contributed by atoms with Gasteiger partial charge in [0.1, 0.15) is 23.9 Å². The van der Waals surface area contributed by atoms with Gasteiger partial charge in [0, 0.05) is 30.3 Å². The Morgan fingerprint density at radius 2 is 1.90 bits per heavy atom. The second-order valence-corrected chi connectivity index (χ2v) is 7.17. The highest BCUT2D eigenvalue weighted by atomic mass is 35.5. The summed E-state index contributed by atoms with van der Waals surface area (Å²) in [7, 11) is 0. The van der Waals surface area contributed by atoms with E-state index in [0.29, 0.717) is 22.8 Å². The number of rotatable bonds is 7. The Bertz CT molecular complexity index is 1180. The Labute approximate surface area is 183 Å². The van der Waals surface area contributed by atoms with E-state index in [1.165, 1.54) is 24.4 Å². The average molecular weight is 437 g/mol. The van der Waals surface area contributed by atoms with Crippen molar-refractivity contribution in [2.24, 2.45) is 0 Å². The first-order chi connectivity index (χ1) is 15.1. The zero-order valence-electron chi connectivity index (χ0n) is 16.3. The van der Waals surface area contributed by atoms with Gasteiger partial charge in [0.25, 0.3) is 5.91 Å². The van der Waals surface area contributed by atoms with E-state index in [0.717, 1.165) is 5.56 Å². The molecule has 0 spiro atoms. The summed E-state index contributed by atoms with van der Waals surface area (Å²) in [5.74, 6) is -0.546. The number of nitrogens with zero attached hydrogens (tertiary/aromatic N) is 3. The van der Waals surface area contributed by atoms with Crippen LogP contribution in [0.4, 0.5) is 10.1 Å². The third kappa shape index (κ3) is 5.46. The number of pyridine rings is 1. The number of benzene rings is 2. The van der Waals surface area contributed by atoms with E-state index in [2.05, 4.69) is 15.4 Å². The lowest BCUT2D eigenvalue weighted by Crippen LogP contribution is -2.14. The van der Waals surface area contributed by atoms with E-state index in [9.17, 15) is 9.18 Å². The molecule has 2 aromatic heterocycles. The van der Waals surface area contributed by atoms with E-state index in [4.69, 9.17) is 16.3 Å². The summed E-state index contributed by atoms with van der Waals surface area (Å²) in [6.45, 7) is 0.772. The maximum atomic E-state index is 13.4. The third-order valence-electron chi connectivity index (χ3n) is 4.46. The Morgan fingerprint density at radius 3 is 2.68 bits per heavy atom. The lowest BCUT2D eigenvalue weighted by atomic mass is 10.2. The van der Waals surface area contributed by atoms with Crippen LogP contribution in [0, 0.1) is 5.82 Å². The molecule has 0 bridgehead atoms. The van der Waals surface area contributed by atoms with E-state index in [1.807, 2.05) is 41.2 Å². The Balaban J connectivity index is 1.38. The summed E-state index contributed by atoms with van der Waals surface area (Å²) in [4.78, 5) is 16.7. The number of halogens is 2.